The van der Waals surface area contributed by atoms with Gasteiger partial charge in [-0.1, -0.05) is 42.5 Å². The van der Waals surface area contributed by atoms with E-state index in [9.17, 15) is 21.6 Å². The summed E-state index contributed by atoms with van der Waals surface area (Å²) >= 11 is 0. The molecular formula is C28H33N5O5S2. The first-order chi connectivity index (χ1) is 18.7. The number of benzene rings is 3. The molecule has 1 unspecified atom stereocenters. The first-order valence-electron chi connectivity index (χ1n) is 12.7. The predicted molar refractivity (Wildman–Crippen MR) is 155 cm³/mol. The van der Waals surface area contributed by atoms with Crippen LogP contribution in [0.1, 0.15) is 39.2 Å². The minimum Gasteiger partial charge on any atom is -0.384 e. The van der Waals surface area contributed by atoms with Crippen LogP contribution < -0.4 is 20.1 Å². The summed E-state index contributed by atoms with van der Waals surface area (Å²) in [5.74, 6) is -0.645. The third-order valence-corrected chi connectivity index (χ3v) is 9.58. The normalized spacial score (nSPS) is 16.6. The Balaban J connectivity index is 1.56. The first kappa shape index (κ1) is 29.4. The Morgan fingerprint density at radius 3 is 2.27 bits per heavy atom. The minimum atomic E-state index is -4.04. The number of rotatable bonds is 8. The largest absolute Gasteiger partial charge is 0.384 e. The van der Waals surface area contributed by atoms with E-state index in [0.29, 0.717) is 36.2 Å². The molecular weight excluding hydrogens is 550 g/mol. The van der Waals surface area contributed by atoms with Crippen LogP contribution in [0.4, 0.5) is 5.69 Å². The van der Waals surface area contributed by atoms with Gasteiger partial charge in [0.25, 0.3) is 0 Å². The van der Waals surface area contributed by atoms with Gasteiger partial charge in [0, 0.05) is 28.9 Å². The molecule has 212 valence electrons. The molecule has 1 saturated heterocycles. The lowest BCUT2D eigenvalue weighted by atomic mass is 10.0. The fourth-order valence-corrected chi connectivity index (χ4v) is 7.46. The van der Waals surface area contributed by atoms with E-state index in [1.165, 1.54) is 29.2 Å². The Hall–Kier alpha value is -3.58. The number of nitrogens with zero attached hydrogens (tertiary/aromatic N) is 1. The number of piperidine rings is 1. The van der Waals surface area contributed by atoms with Crippen molar-refractivity contribution in [2.45, 2.75) is 55.0 Å². The molecule has 0 bridgehead atoms. The molecule has 1 heterocycles. The highest BCUT2D eigenvalue weighted by atomic mass is 32.2. The Morgan fingerprint density at radius 2 is 1.62 bits per heavy atom. The van der Waals surface area contributed by atoms with Crippen molar-refractivity contribution < 1.29 is 21.6 Å². The topological polar surface area (TPSA) is 163 Å². The molecule has 4 rings (SSSR count). The lowest BCUT2D eigenvalue weighted by Gasteiger charge is -2.32. The zero-order valence-electron chi connectivity index (χ0n) is 22.5. The summed E-state index contributed by atoms with van der Waals surface area (Å²) < 4.78 is 57.4. The number of hydrogen-bond acceptors (Lipinski definition) is 6. The van der Waals surface area contributed by atoms with E-state index in [2.05, 4.69) is 9.44 Å². The van der Waals surface area contributed by atoms with Crippen LogP contribution >= 0.6 is 0 Å². The Morgan fingerprint density at radius 1 is 0.950 bits per heavy atom. The zero-order chi connectivity index (χ0) is 29.3. The summed E-state index contributed by atoms with van der Waals surface area (Å²) in [4.78, 5) is 14.9. The molecule has 3 aromatic carbocycles. The maximum absolute atomic E-state index is 13.3. The minimum absolute atomic E-state index is 0.0796. The van der Waals surface area contributed by atoms with Gasteiger partial charge in [0.1, 0.15) is 11.9 Å². The molecule has 0 saturated carbocycles. The average molecular weight is 584 g/mol. The molecule has 12 heteroatoms. The maximum Gasteiger partial charge on any atom is 0.245 e. The number of carbonyl (C=O) groups excluding carboxylic acids is 1. The summed E-state index contributed by atoms with van der Waals surface area (Å²) in [6.45, 7) is 5.73. The van der Waals surface area contributed by atoms with E-state index in [1.807, 2.05) is 0 Å². The Bertz CT molecular complexity index is 1650. The van der Waals surface area contributed by atoms with Crippen molar-refractivity contribution in [3.8, 4) is 11.1 Å². The summed E-state index contributed by atoms with van der Waals surface area (Å²) in [6.07, 6.45) is 0.915. The van der Waals surface area contributed by atoms with Gasteiger partial charge in [0.2, 0.25) is 26.0 Å². The second-order valence-electron chi connectivity index (χ2n) is 10.6. The number of amidine groups is 1. The average Bonchev–Trinajstić information content (AvgIpc) is 2.89. The van der Waals surface area contributed by atoms with Crippen LogP contribution in [0.25, 0.3) is 11.1 Å². The molecule has 5 N–H and O–H groups in total. The quantitative estimate of drug-likeness (QED) is 0.235. The number of nitrogens with two attached hydrogens (primary N) is 1. The highest BCUT2D eigenvalue weighted by Gasteiger charge is 2.33. The van der Waals surface area contributed by atoms with E-state index in [4.69, 9.17) is 11.1 Å². The molecule has 40 heavy (non-hydrogen) atoms. The van der Waals surface area contributed by atoms with Crippen molar-refractivity contribution >= 4 is 37.5 Å². The summed E-state index contributed by atoms with van der Waals surface area (Å²) in [6, 6.07) is 18.4. The lowest BCUT2D eigenvalue weighted by molar-refractivity contribution is -0.121. The van der Waals surface area contributed by atoms with Gasteiger partial charge in [-0.2, -0.15) is 4.72 Å². The molecule has 0 spiro atoms. The van der Waals surface area contributed by atoms with Crippen molar-refractivity contribution in [3.05, 3.63) is 78.4 Å². The summed E-state index contributed by atoms with van der Waals surface area (Å²) in [5, 5.41) is 7.56. The molecule has 1 fully saturated rings. The van der Waals surface area contributed by atoms with E-state index < -0.39 is 31.6 Å². The number of nitrogen functional groups attached to an aromatic ring is 1. The van der Waals surface area contributed by atoms with Crippen LogP contribution in [0.15, 0.2) is 82.6 Å². The molecule has 1 atom stereocenters. The third kappa shape index (κ3) is 6.58. The monoisotopic (exact) mass is 583 g/mol. The molecule has 1 aliphatic heterocycles. The van der Waals surface area contributed by atoms with E-state index in [-0.39, 0.29) is 27.1 Å². The van der Waals surface area contributed by atoms with Gasteiger partial charge in [-0.05, 0) is 69.5 Å². The summed E-state index contributed by atoms with van der Waals surface area (Å²) in [7, 11) is -7.83. The predicted octanol–water partition coefficient (Wildman–Crippen LogP) is 3.19. The van der Waals surface area contributed by atoms with Gasteiger partial charge in [-0.3, -0.25) is 10.2 Å². The highest BCUT2D eigenvalue weighted by Crippen LogP contribution is 2.31. The van der Waals surface area contributed by atoms with Gasteiger partial charge < -0.3 is 10.6 Å². The van der Waals surface area contributed by atoms with Gasteiger partial charge in [0.15, 0.2) is 0 Å². The molecule has 1 amide bonds. The Kier molecular flexibility index (Phi) is 8.18. The molecule has 0 radical (unpaired) electrons. The molecule has 0 aliphatic carbocycles. The van der Waals surface area contributed by atoms with Crippen LogP contribution in [-0.2, 0) is 24.8 Å². The van der Waals surface area contributed by atoms with E-state index >= 15 is 0 Å². The van der Waals surface area contributed by atoms with Crippen molar-refractivity contribution in [2.24, 2.45) is 5.73 Å². The fraction of sp³-hybridized carbons (Fsp3) is 0.286. The fourth-order valence-electron chi connectivity index (χ4n) is 4.55. The molecule has 10 nitrogen and oxygen atoms in total. The van der Waals surface area contributed by atoms with Crippen molar-refractivity contribution in [3.63, 3.8) is 0 Å². The van der Waals surface area contributed by atoms with Crippen LogP contribution in [-0.4, -0.2) is 46.7 Å². The van der Waals surface area contributed by atoms with Gasteiger partial charge in [-0.25, -0.2) is 21.6 Å². The van der Waals surface area contributed by atoms with E-state index in [0.717, 1.165) is 0 Å². The van der Waals surface area contributed by atoms with Crippen molar-refractivity contribution in [1.82, 2.24) is 9.44 Å². The molecule has 0 aromatic heterocycles. The van der Waals surface area contributed by atoms with Crippen molar-refractivity contribution in [2.75, 3.05) is 11.4 Å². The van der Waals surface area contributed by atoms with Gasteiger partial charge in [-0.15, -0.1) is 0 Å². The number of carbonyl (C=O) groups is 1. The highest BCUT2D eigenvalue weighted by molar-refractivity contribution is 7.90. The van der Waals surface area contributed by atoms with Crippen LogP contribution in [0.5, 0.6) is 0 Å². The standard InChI is InChI=1S/C28H33N5O5S2/c1-28(2,3)32-40(37,38)25-12-5-4-10-23(25)19-13-15-21(16-14-19)33-17-7-11-24(27(33)34)31-39(35,36)22-9-6-8-20(18-22)26(29)30/h4-6,8-10,12-16,18,24,31-32H,7,11,17H2,1-3H3,(H3,29,30). The van der Waals surface area contributed by atoms with Crippen molar-refractivity contribution in [1.29, 1.82) is 5.41 Å². The number of sulfonamides is 2. The van der Waals surface area contributed by atoms with Gasteiger partial charge in [0.05, 0.1) is 9.79 Å². The number of nitrogens with one attached hydrogen (secondary N) is 3. The number of hydrogen-bond donors (Lipinski definition) is 4. The lowest BCUT2D eigenvalue weighted by Crippen LogP contribution is -2.52. The van der Waals surface area contributed by atoms with E-state index in [1.54, 1.807) is 69.3 Å². The van der Waals surface area contributed by atoms with Crippen LogP contribution in [0.2, 0.25) is 0 Å². The second-order valence-corrected chi connectivity index (χ2v) is 14.0. The second kappa shape index (κ2) is 11.1. The molecule has 3 aromatic rings. The summed E-state index contributed by atoms with van der Waals surface area (Å²) in [5.41, 5.74) is 6.86. The number of amides is 1. The SMILES string of the molecule is CC(C)(C)NS(=O)(=O)c1ccccc1-c1ccc(N2CCCC(NS(=O)(=O)c3cccc(C(=N)N)c3)C2=O)cc1. The first-order valence-corrected chi connectivity index (χ1v) is 15.7. The Labute approximate surface area is 235 Å². The van der Waals surface area contributed by atoms with Crippen LogP contribution in [0.3, 0.4) is 0 Å². The third-order valence-electron chi connectivity index (χ3n) is 6.30. The van der Waals surface area contributed by atoms with Crippen LogP contribution in [0, 0.1) is 5.41 Å². The smallest absolute Gasteiger partial charge is 0.245 e. The molecule has 1 aliphatic rings. The van der Waals surface area contributed by atoms with Gasteiger partial charge >= 0.3 is 0 Å². The maximum atomic E-state index is 13.3. The zero-order valence-corrected chi connectivity index (χ0v) is 24.1. The number of anilines is 1.